The van der Waals surface area contributed by atoms with Crippen LogP contribution in [0.25, 0.3) is 0 Å². The molecule has 2 atom stereocenters. The molecule has 2 amide bonds. The molecule has 2 heterocycles. The molecule has 0 radical (unpaired) electrons. The fourth-order valence-electron chi connectivity index (χ4n) is 4.45. The summed E-state index contributed by atoms with van der Waals surface area (Å²) in [7, 11) is -3.58. The molecule has 0 spiro atoms. The molecule has 2 aliphatic heterocycles. The Bertz CT molecular complexity index is 1130. The quantitative estimate of drug-likeness (QED) is 0.679. The van der Waals surface area contributed by atoms with Gasteiger partial charge in [0.15, 0.2) is 0 Å². The number of rotatable bonds is 6. The van der Waals surface area contributed by atoms with E-state index in [0.717, 1.165) is 18.4 Å². The lowest BCUT2D eigenvalue weighted by atomic mass is 10.1. The summed E-state index contributed by atoms with van der Waals surface area (Å²) in [5.41, 5.74) is 1.73. The number of nitrogens with one attached hydrogen (secondary N) is 1. The highest BCUT2D eigenvalue weighted by atomic mass is 32.2. The number of amides is 2. The van der Waals surface area contributed by atoms with Crippen LogP contribution in [0.15, 0.2) is 53.4 Å². The van der Waals surface area contributed by atoms with Gasteiger partial charge in [0.1, 0.15) is 0 Å². The first-order chi connectivity index (χ1) is 16.2. The lowest BCUT2D eigenvalue weighted by Crippen LogP contribution is -2.48. The van der Waals surface area contributed by atoms with Crippen molar-refractivity contribution in [1.29, 1.82) is 0 Å². The molecule has 1 N–H and O–H groups in total. The SMILES string of the molecule is CC1CN(C(=O)c2ccc(CNC(=O)c3cccc(S(=O)(=O)N4CCCC4)c3)cc2)CC(C)O1. The van der Waals surface area contributed by atoms with Gasteiger partial charge in [-0.05, 0) is 62.6 Å². The number of morpholine rings is 1. The Labute approximate surface area is 200 Å². The number of carbonyl (C=O) groups is 2. The van der Waals surface area contributed by atoms with Crippen LogP contribution in [0.4, 0.5) is 0 Å². The fourth-order valence-corrected chi connectivity index (χ4v) is 6.01. The molecule has 2 saturated heterocycles. The number of sulfonamides is 1. The third-order valence-electron chi connectivity index (χ3n) is 6.16. The lowest BCUT2D eigenvalue weighted by Gasteiger charge is -2.35. The first-order valence-corrected chi connectivity index (χ1v) is 13.1. The third kappa shape index (κ3) is 5.48. The van der Waals surface area contributed by atoms with Crippen LogP contribution in [-0.2, 0) is 21.3 Å². The van der Waals surface area contributed by atoms with E-state index in [-0.39, 0.29) is 35.5 Å². The normalized spacial score (nSPS) is 21.4. The number of benzene rings is 2. The summed E-state index contributed by atoms with van der Waals surface area (Å²) < 4.78 is 32.7. The minimum atomic E-state index is -3.58. The van der Waals surface area contributed by atoms with Gasteiger partial charge in [0, 0.05) is 43.9 Å². The molecule has 0 aliphatic carbocycles. The van der Waals surface area contributed by atoms with Crippen molar-refractivity contribution >= 4 is 21.8 Å². The molecule has 34 heavy (non-hydrogen) atoms. The van der Waals surface area contributed by atoms with Crippen molar-refractivity contribution in [2.24, 2.45) is 0 Å². The summed E-state index contributed by atoms with van der Waals surface area (Å²) in [6.07, 6.45) is 1.72. The highest BCUT2D eigenvalue weighted by Gasteiger charge is 2.28. The largest absolute Gasteiger partial charge is 0.372 e. The van der Waals surface area contributed by atoms with Crippen molar-refractivity contribution in [2.45, 2.75) is 50.3 Å². The van der Waals surface area contributed by atoms with Crippen molar-refractivity contribution in [3.63, 3.8) is 0 Å². The number of hydrogen-bond acceptors (Lipinski definition) is 5. The molecule has 0 bridgehead atoms. The molecule has 8 nitrogen and oxygen atoms in total. The van der Waals surface area contributed by atoms with Gasteiger partial charge in [0.25, 0.3) is 11.8 Å². The van der Waals surface area contributed by atoms with E-state index in [0.29, 0.717) is 37.3 Å². The van der Waals surface area contributed by atoms with Crippen LogP contribution >= 0.6 is 0 Å². The van der Waals surface area contributed by atoms with E-state index in [1.54, 1.807) is 29.2 Å². The monoisotopic (exact) mass is 485 g/mol. The predicted molar refractivity (Wildman–Crippen MR) is 128 cm³/mol. The first-order valence-electron chi connectivity index (χ1n) is 11.7. The van der Waals surface area contributed by atoms with Crippen LogP contribution in [0, 0.1) is 0 Å². The zero-order valence-corrected chi connectivity index (χ0v) is 20.4. The van der Waals surface area contributed by atoms with Gasteiger partial charge in [-0.15, -0.1) is 0 Å². The molecule has 4 rings (SSSR count). The topological polar surface area (TPSA) is 96.0 Å². The summed E-state index contributed by atoms with van der Waals surface area (Å²) in [6.45, 7) is 6.34. The van der Waals surface area contributed by atoms with Crippen LogP contribution in [0.2, 0.25) is 0 Å². The smallest absolute Gasteiger partial charge is 0.254 e. The Morgan fingerprint density at radius 3 is 2.26 bits per heavy atom. The third-order valence-corrected chi connectivity index (χ3v) is 8.05. The average molecular weight is 486 g/mol. The minimum Gasteiger partial charge on any atom is -0.372 e. The second-order valence-corrected chi connectivity index (χ2v) is 10.9. The van der Waals surface area contributed by atoms with Crippen molar-refractivity contribution in [3.8, 4) is 0 Å². The lowest BCUT2D eigenvalue weighted by molar-refractivity contribution is -0.0586. The van der Waals surface area contributed by atoms with Gasteiger partial charge in [0.2, 0.25) is 10.0 Å². The molecule has 2 aliphatic rings. The highest BCUT2D eigenvalue weighted by molar-refractivity contribution is 7.89. The zero-order chi connectivity index (χ0) is 24.3. The minimum absolute atomic E-state index is 0.00558. The fraction of sp³-hybridized carbons (Fsp3) is 0.440. The molecule has 182 valence electrons. The summed E-state index contributed by atoms with van der Waals surface area (Å²) in [4.78, 5) is 27.4. The molecule has 9 heteroatoms. The highest BCUT2D eigenvalue weighted by Crippen LogP contribution is 2.21. The molecule has 2 fully saturated rings. The maximum Gasteiger partial charge on any atom is 0.254 e. The molecule has 2 unspecified atom stereocenters. The molecule has 0 saturated carbocycles. The molecule has 0 aromatic heterocycles. The van der Waals surface area contributed by atoms with Crippen LogP contribution < -0.4 is 5.32 Å². The maximum absolute atomic E-state index is 12.8. The van der Waals surface area contributed by atoms with Crippen molar-refractivity contribution in [2.75, 3.05) is 26.2 Å². The number of ether oxygens (including phenoxy) is 1. The standard InChI is InChI=1S/C25H31N3O5S/c1-18-16-27(17-19(2)33-18)25(30)21-10-8-20(9-11-21)15-26-24(29)22-6-5-7-23(14-22)34(31,32)28-12-3-4-13-28/h5-11,14,18-19H,3-4,12-13,15-17H2,1-2H3,(H,26,29). The van der Waals surface area contributed by atoms with E-state index in [2.05, 4.69) is 5.32 Å². The van der Waals surface area contributed by atoms with Crippen LogP contribution in [0.5, 0.6) is 0 Å². The first kappa shape index (κ1) is 24.4. The predicted octanol–water partition coefficient (Wildman–Crippen LogP) is 2.65. The van der Waals surface area contributed by atoms with Gasteiger partial charge >= 0.3 is 0 Å². The Hall–Kier alpha value is -2.75. The van der Waals surface area contributed by atoms with Gasteiger partial charge in [-0.3, -0.25) is 9.59 Å². The summed E-state index contributed by atoms with van der Waals surface area (Å²) in [6, 6.07) is 13.3. The Morgan fingerprint density at radius 1 is 0.971 bits per heavy atom. The van der Waals surface area contributed by atoms with Gasteiger partial charge in [-0.25, -0.2) is 8.42 Å². The molecular weight excluding hydrogens is 454 g/mol. The van der Waals surface area contributed by atoms with E-state index in [1.807, 2.05) is 26.0 Å². The number of nitrogens with zero attached hydrogens (tertiary/aromatic N) is 2. The Kier molecular flexibility index (Phi) is 7.35. The second-order valence-electron chi connectivity index (χ2n) is 8.99. The summed E-state index contributed by atoms with van der Waals surface area (Å²) >= 11 is 0. The van der Waals surface area contributed by atoms with E-state index < -0.39 is 10.0 Å². The maximum atomic E-state index is 12.8. The number of carbonyl (C=O) groups excluding carboxylic acids is 2. The van der Waals surface area contributed by atoms with Gasteiger partial charge < -0.3 is 15.0 Å². The Balaban J connectivity index is 1.37. The van der Waals surface area contributed by atoms with Crippen molar-refractivity contribution < 1.29 is 22.7 Å². The van der Waals surface area contributed by atoms with Crippen molar-refractivity contribution in [3.05, 3.63) is 65.2 Å². The van der Waals surface area contributed by atoms with E-state index in [4.69, 9.17) is 4.74 Å². The van der Waals surface area contributed by atoms with Crippen molar-refractivity contribution in [1.82, 2.24) is 14.5 Å². The van der Waals surface area contributed by atoms with Gasteiger partial charge in [0.05, 0.1) is 17.1 Å². The molecule has 2 aromatic carbocycles. The summed E-state index contributed by atoms with van der Waals surface area (Å²) in [5.74, 6) is -0.386. The van der Waals surface area contributed by atoms with Gasteiger partial charge in [-0.1, -0.05) is 18.2 Å². The van der Waals surface area contributed by atoms with Crippen LogP contribution in [-0.4, -0.2) is 67.8 Å². The van der Waals surface area contributed by atoms with E-state index in [9.17, 15) is 18.0 Å². The van der Waals surface area contributed by atoms with Gasteiger partial charge in [-0.2, -0.15) is 4.31 Å². The Morgan fingerprint density at radius 2 is 1.62 bits per heavy atom. The zero-order valence-electron chi connectivity index (χ0n) is 19.6. The molecule has 2 aromatic rings. The average Bonchev–Trinajstić information content (AvgIpc) is 3.38. The summed E-state index contributed by atoms with van der Waals surface area (Å²) in [5, 5.41) is 2.83. The van der Waals surface area contributed by atoms with Crippen LogP contribution in [0.3, 0.4) is 0 Å². The second kappa shape index (κ2) is 10.2. The van der Waals surface area contributed by atoms with E-state index >= 15 is 0 Å². The van der Waals surface area contributed by atoms with Crippen LogP contribution in [0.1, 0.15) is 53.0 Å². The molecular formula is C25H31N3O5S. The van der Waals surface area contributed by atoms with E-state index in [1.165, 1.54) is 16.4 Å². The number of hydrogen-bond donors (Lipinski definition) is 1.